The van der Waals surface area contributed by atoms with E-state index in [0.717, 1.165) is 12.8 Å². The van der Waals surface area contributed by atoms with Crippen LogP contribution in [0.1, 0.15) is 51.2 Å². The van der Waals surface area contributed by atoms with E-state index in [1.165, 1.54) is 44.5 Å². The maximum absolute atomic E-state index is 2.44. The van der Waals surface area contributed by atoms with Crippen LogP contribution in [-0.4, -0.2) is 3.21 Å². The molecule has 1 atom stereocenters. The fraction of sp³-hybridized carbons (Fsp3) is 0.121. The molecule has 0 nitrogen and oxygen atoms in total. The first-order valence-electron chi connectivity index (χ1n) is 12.2. The molecule has 36 heavy (non-hydrogen) atoms. The third-order valence-electron chi connectivity index (χ3n) is 7.07. The zero-order valence-corrected chi connectivity index (χ0v) is 24.2. The van der Waals surface area contributed by atoms with E-state index >= 15 is 0 Å². The van der Waals surface area contributed by atoms with Crippen molar-refractivity contribution in [2.45, 2.75) is 23.4 Å². The van der Waals surface area contributed by atoms with Gasteiger partial charge in [-0.05, 0) is 0 Å². The Bertz CT molecular complexity index is 1410. The first-order chi connectivity index (χ1) is 16.8. The van der Waals surface area contributed by atoms with Crippen molar-refractivity contribution in [1.82, 2.24) is 0 Å². The summed E-state index contributed by atoms with van der Waals surface area (Å²) in [6.07, 6.45) is 7.03. The van der Waals surface area contributed by atoms with Gasteiger partial charge in [-0.15, -0.1) is 0 Å². The van der Waals surface area contributed by atoms with E-state index in [2.05, 4.69) is 122 Å². The molecule has 0 radical (unpaired) electrons. The molecule has 177 valence electrons. The molecule has 0 saturated heterocycles. The summed E-state index contributed by atoms with van der Waals surface area (Å²) < 4.78 is 2.09. The van der Waals surface area contributed by atoms with Crippen LogP contribution in [0.3, 0.4) is 0 Å². The molecule has 0 amide bonds. The van der Waals surface area contributed by atoms with Crippen molar-refractivity contribution in [2.75, 3.05) is 0 Å². The van der Waals surface area contributed by atoms with Gasteiger partial charge in [0.05, 0.1) is 0 Å². The van der Waals surface area contributed by atoms with E-state index in [-0.39, 0.29) is 24.8 Å². The quantitative estimate of drug-likeness (QED) is 0.337. The van der Waals surface area contributed by atoms with Crippen LogP contribution < -0.4 is 24.8 Å². The van der Waals surface area contributed by atoms with Gasteiger partial charge in [0.15, 0.2) is 0 Å². The Hall–Kier alpha value is -2.31. The van der Waals surface area contributed by atoms with Crippen molar-refractivity contribution >= 4 is 8.78 Å². The van der Waals surface area contributed by atoms with Gasteiger partial charge in [0, 0.05) is 0 Å². The van der Waals surface area contributed by atoms with E-state index in [1.54, 1.807) is 8.77 Å². The molecule has 1 unspecified atom stereocenters. The number of allylic oxidation sites excluding steroid dienone is 4. The molecule has 0 fully saturated rings. The molecule has 0 aromatic heterocycles. The predicted molar refractivity (Wildman–Crippen MR) is 141 cm³/mol. The van der Waals surface area contributed by atoms with Gasteiger partial charge in [0.1, 0.15) is 0 Å². The van der Waals surface area contributed by atoms with Crippen LogP contribution in [0, 0.1) is 0 Å². The maximum Gasteiger partial charge on any atom is -1.00 e. The molecular weight excluding hydrogens is 558 g/mol. The van der Waals surface area contributed by atoms with Crippen LogP contribution in [-0.2, 0) is 22.8 Å². The second-order valence-corrected chi connectivity index (χ2v) is 12.4. The average molecular weight is 586 g/mol. The molecule has 0 saturated carbocycles. The third-order valence-corrected chi connectivity index (χ3v) is 11.4. The molecule has 2 aliphatic rings. The minimum absolute atomic E-state index is 0. The molecule has 0 aliphatic heterocycles. The van der Waals surface area contributed by atoms with E-state index in [4.69, 9.17) is 0 Å². The third kappa shape index (κ3) is 4.95. The molecule has 4 aromatic carbocycles. The van der Waals surface area contributed by atoms with Gasteiger partial charge in [-0.3, -0.25) is 0 Å². The Morgan fingerprint density at radius 3 is 1.92 bits per heavy atom. The molecular formula is C33H27Cl2Zr. The molecule has 0 spiro atoms. The van der Waals surface area contributed by atoms with Gasteiger partial charge in [0.2, 0.25) is 0 Å². The Morgan fingerprint density at radius 1 is 0.694 bits per heavy atom. The summed E-state index contributed by atoms with van der Waals surface area (Å²) in [4.78, 5) is 0. The average Bonchev–Trinajstić information content (AvgIpc) is 3.51. The van der Waals surface area contributed by atoms with Crippen molar-refractivity contribution in [2.24, 2.45) is 0 Å². The van der Waals surface area contributed by atoms with Gasteiger partial charge in [-0.25, -0.2) is 0 Å². The topological polar surface area (TPSA) is 0 Å². The largest absolute Gasteiger partial charge is 1.00 e. The zero-order valence-electron chi connectivity index (χ0n) is 20.2. The predicted octanol–water partition coefficient (Wildman–Crippen LogP) is 2.24. The van der Waals surface area contributed by atoms with E-state index < -0.39 is 22.8 Å². The summed E-state index contributed by atoms with van der Waals surface area (Å²) in [5.41, 5.74) is 13.2. The SMILES string of the molecule is CCC1=CCC(c2cccc3c2[CH]([Zr+2]=[C](c2ccccc2)c2ccccc2)c2ccccc2-3)=C1.[Cl-].[Cl-]. The first-order valence-corrected chi connectivity index (χ1v) is 14.8. The second kappa shape index (κ2) is 11.8. The van der Waals surface area contributed by atoms with Crippen molar-refractivity contribution in [1.29, 1.82) is 0 Å². The molecule has 6 rings (SSSR count). The van der Waals surface area contributed by atoms with Gasteiger partial charge in [-0.2, -0.15) is 0 Å². The summed E-state index contributed by atoms with van der Waals surface area (Å²) in [5.74, 6) is 0. The Kier molecular flexibility index (Phi) is 8.79. The van der Waals surface area contributed by atoms with Crippen molar-refractivity contribution in [3.8, 4) is 11.1 Å². The van der Waals surface area contributed by atoms with Crippen molar-refractivity contribution in [3.05, 3.63) is 149 Å². The fourth-order valence-electron chi connectivity index (χ4n) is 5.39. The molecule has 0 heterocycles. The van der Waals surface area contributed by atoms with Crippen molar-refractivity contribution in [3.63, 3.8) is 0 Å². The number of rotatable bonds is 5. The Labute approximate surface area is 238 Å². The van der Waals surface area contributed by atoms with Crippen LogP contribution in [0.15, 0.2) is 121 Å². The molecule has 3 heteroatoms. The number of hydrogen-bond acceptors (Lipinski definition) is 0. The number of hydrogen-bond donors (Lipinski definition) is 0. The summed E-state index contributed by atoms with van der Waals surface area (Å²) >= 11 is -1.08. The smallest absolute Gasteiger partial charge is 1.00 e. The van der Waals surface area contributed by atoms with Crippen LogP contribution in [0.2, 0.25) is 0 Å². The normalized spacial score (nSPS) is 14.9. The van der Waals surface area contributed by atoms with Gasteiger partial charge in [0.25, 0.3) is 0 Å². The van der Waals surface area contributed by atoms with Crippen LogP contribution in [0.5, 0.6) is 0 Å². The Morgan fingerprint density at radius 2 is 1.28 bits per heavy atom. The maximum atomic E-state index is 2.44. The first kappa shape index (κ1) is 26.7. The van der Waals surface area contributed by atoms with E-state index in [9.17, 15) is 0 Å². The molecule has 2 aliphatic carbocycles. The zero-order chi connectivity index (χ0) is 22.9. The summed E-state index contributed by atoms with van der Waals surface area (Å²) in [6, 6.07) is 38.3. The fourth-order valence-corrected chi connectivity index (χ4v) is 9.86. The van der Waals surface area contributed by atoms with Gasteiger partial charge in [-0.1, -0.05) is 0 Å². The second-order valence-electron chi connectivity index (χ2n) is 9.04. The van der Waals surface area contributed by atoms with Crippen LogP contribution >= 0.6 is 0 Å². The van der Waals surface area contributed by atoms with Gasteiger partial charge >= 0.3 is 215 Å². The summed E-state index contributed by atoms with van der Waals surface area (Å²) in [6.45, 7) is 2.26. The minimum atomic E-state index is -1.08. The Balaban J connectivity index is 0.00000152. The van der Waals surface area contributed by atoms with Crippen LogP contribution in [0.4, 0.5) is 0 Å². The van der Waals surface area contributed by atoms with Crippen LogP contribution in [0.25, 0.3) is 16.7 Å². The summed E-state index contributed by atoms with van der Waals surface area (Å²) in [7, 11) is 0. The minimum Gasteiger partial charge on any atom is -1.00 e. The molecule has 4 aromatic rings. The van der Waals surface area contributed by atoms with Crippen molar-refractivity contribution < 1.29 is 47.6 Å². The standard InChI is InChI=1S/C20H17.C13H10.2ClH.Zr/c1-2-14-10-11-16(12-14)18-8-5-9-19-17-7-4-3-6-15(17)13-20(18)19;1-3-7-12(8-4-1)11-13-9-5-2-6-10-13;;;/h3-10,12-13H,2,11H2,1H3;1-10H;2*1H;/q;;;;+2/p-2. The van der Waals surface area contributed by atoms with E-state index in [1.807, 2.05) is 0 Å². The monoisotopic (exact) mass is 583 g/mol. The molecule has 0 N–H and O–H groups in total. The number of halogens is 2. The molecule has 0 bridgehead atoms. The van der Waals surface area contributed by atoms with E-state index in [0.29, 0.717) is 3.63 Å². The van der Waals surface area contributed by atoms with Gasteiger partial charge < -0.3 is 24.8 Å². The number of benzene rings is 4. The number of fused-ring (bicyclic) bond motifs is 3. The summed E-state index contributed by atoms with van der Waals surface area (Å²) in [5, 5.41) is 0.